The van der Waals surface area contributed by atoms with Crippen molar-refractivity contribution in [3.05, 3.63) is 53.1 Å². The van der Waals surface area contributed by atoms with Crippen molar-refractivity contribution < 1.29 is 40.7 Å². The smallest absolute Gasteiger partial charge is 0.416 e. The van der Waals surface area contributed by atoms with Crippen LogP contribution in [-0.4, -0.2) is 18.4 Å². The van der Waals surface area contributed by atoms with Crippen molar-refractivity contribution in [2.45, 2.75) is 12.4 Å². The van der Waals surface area contributed by atoms with Crippen LogP contribution in [0.5, 0.6) is 5.75 Å². The lowest BCUT2D eigenvalue weighted by Gasteiger charge is -2.18. The molecule has 2 aromatic rings. The number of nitrogens with one attached hydrogen (secondary N) is 2. The minimum atomic E-state index is -5.03. The van der Waals surface area contributed by atoms with E-state index in [4.69, 9.17) is 4.74 Å². The summed E-state index contributed by atoms with van der Waals surface area (Å²) in [5.41, 5.74) is -3.72. The van der Waals surface area contributed by atoms with Crippen LogP contribution in [0.15, 0.2) is 36.4 Å². The highest BCUT2D eigenvalue weighted by atomic mass is 19.4. The van der Waals surface area contributed by atoms with E-state index in [9.17, 15) is 35.9 Å². The first-order valence-corrected chi connectivity index (χ1v) is 7.61. The Morgan fingerprint density at radius 1 is 0.964 bits per heavy atom. The van der Waals surface area contributed by atoms with Gasteiger partial charge in [-0.3, -0.25) is 9.59 Å². The molecule has 11 heteroatoms. The van der Waals surface area contributed by atoms with E-state index in [0.717, 1.165) is 0 Å². The van der Waals surface area contributed by atoms with Crippen molar-refractivity contribution >= 4 is 23.2 Å². The number of rotatable bonds is 2. The number of halogens is 6. The Hall–Kier alpha value is -3.24. The Labute approximate surface area is 153 Å². The van der Waals surface area contributed by atoms with Crippen LogP contribution in [0, 0.1) is 0 Å². The second-order valence-corrected chi connectivity index (χ2v) is 5.80. The van der Waals surface area contributed by atoms with E-state index in [1.54, 1.807) is 0 Å². The summed E-state index contributed by atoms with van der Waals surface area (Å²) in [5, 5.41) is 4.44. The summed E-state index contributed by atoms with van der Waals surface area (Å²) in [5.74, 6) is -1.16. The third kappa shape index (κ3) is 4.18. The first-order valence-electron chi connectivity index (χ1n) is 7.61. The average molecular weight is 404 g/mol. The van der Waals surface area contributed by atoms with Crippen molar-refractivity contribution in [3.8, 4) is 5.75 Å². The third-order valence-electron chi connectivity index (χ3n) is 3.72. The van der Waals surface area contributed by atoms with Gasteiger partial charge in [0, 0.05) is 11.3 Å². The first kappa shape index (κ1) is 19.5. The zero-order chi connectivity index (χ0) is 20.7. The van der Waals surface area contributed by atoms with Gasteiger partial charge in [-0.05, 0) is 36.4 Å². The summed E-state index contributed by atoms with van der Waals surface area (Å²) in [4.78, 5) is 23.6. The fraction of sp³-hybridized carbons (Fsp3) is 0.176. The van der Waals surface area contributed by atoms with Gasteiger partial charge in [0.15, 0.2) is 6.61 Å². The topological polar surface area (TPSA) is 67.4 Å². The van der Waals surface area contributed by atoms with Gasteiger partial charge in [-0.1, -0.05) is 0 Å². The molecule has 1 heterocycles. The lowest BCUT2D eigenvalue weighted by atomic mass is 10.1. The average Bonchev–Trinajstić information content (AvgIpc) is 2.59. The van der Waals surface area contributed by atoms with E-state index in [2.05, 4.69) is 5.32 Å². The SMILES string of the molecule is O=C1COc2ccc(C(=O)Nc3cc(C(F)(F)F)cc(C(F)(F)F)c3)cc2N1. The number of hydrogen-bond donors (Lipinski definition) is 2. The second-order valence-electron chi connectivity index (χ2n) is 5.80. The van der Waals surface area contributed by atoms with Gasteiger partial charge in [-0.25, -0.2) is 0 Å². The molecule has 0 atom stereocenters. The van der Waals surface area contributed by atoms with Crippen molar-refractivity contribution in [1.29, 1.82) is 0 Å². The molecule has 0 spiro atoms. The number of anilines is 2. The molecule has 0 aliphatic carbocycles. The maximum atomic E-state index is 12.9. The molecule has 3 rings (SSSR count). The van der Waals surface area contributed by atoms with Gasteiger partial charge >= 0.3 is 12.4 Å². The highest BCUT2D eigenvalue weighted by molar-refractivity contribution is 6.06. The molecule has 0 saturated heterocycles. The normalized spacial score (nSPS) is 14.0. The standard InChI is InChI=1S/C17H10F6N2O3/c18-16(19,20)9-4-10(17(21,22)23)6-11(5-9)24-15(27)8-1-2-13-12(3-8)25-14(26)7-28-13/h1-6H,7H2,(H,24,27)(H,25,26). The molecule has 2 aromatic carbocycles. The number of carbonyl (C=O) groups excluding carboxylic acids is 2. The zero-order valence-electron chi connectivity index (χ0n) is 13.7. The molecule has 148 valence electrons. The Bertz CT molecular complexity index is 921. The number of fused-ring (bicyclic) bond motifs is 1. The summed E-state index contributed by atoms with van der Waals surface area (Å²) in [6.07, 6.45) is -10.1. The molecular formula is C17H10F6N2O3. The van der Waals surface area contributed by atoms with Gasteiger partial charge in [-0.2, -0.15) is 26.3 Å². The molecule has 0 fully saturated rings. The Balaban J connectivity index is 1.92. The lowest BCUT2D eigenvalue weighted by molar-refractivity contribution is -0.143. The zero-order valence-corrected chi connectivity index (χ0v) is 13.7. The quantitative estimate of drug-likeness (QED) is 0.734. The fourth-order valence-electron chi connectivity index (χ4n) is 2.45. The van der Waals surface area contributed by atoms with Crippen molar-refractivity contribution in [2.75, 3.05) is 17.2 Å². The summed E-state index contributed by atoms with van der Waals surface area (Å²) in [6, 6.07) is 4.55. The number of amides is 2. The van der Waals surface area contributed by atoms with E-state index in [1.165, 1.54) is 18.2 Å². The summed E-state index contributed by atoms with van der Waals surface area (Å²) in [6.45, 7) is -0.219. The maximum absolute atomic E-state index is 12.9. The Morgan fingerprint density at radius 2 is 1.57 bits per heavy atom. The van der Waals surface area contributed by atoms with Gasteiger partial charge in [0.1, 0.15) is 5.75 Å². The molecule has 0 bridgehead atoms. The number of ether oxygens (including phenoxy) is 1. The summed E-state index contributed by atoms with van der Waals surface area (Å²) in [7, 11) is 0. The summed E-state index contributed by atoms with van der Waals surface area (Å²) < 4.78 is 82.4. The highest BCUT2D eigenvalue weighted by Crippen LogP contribution is 2.37. The molecule has 0 aromatic heterocycles. The molecule has 0 radical (unpaired) electrons. The van der Waals surface area contributed by atoms with E-state index < -0.39 is 41.0 Å². The van der Waals surface area contributed by atoms with Crippen LogP contribution in [0.3, 0.4) is 0 Å². The van der Waals surface area contributed by atoms with E-state index in [1.807, 2.05) is 5.32 Å². The Kier molecular flexibility index (Phi) is 4.69. The molecule has 5 nitrogen and oxygen atoms in total. The van der Waals surface area contributed by atoms with Crippen LogP contribution in [0.4, 0.5) is 37.7 Å². The molecular weight excluding hydrogens is 394 g/mol. The van der Waals surface area contributed by atoms with Gasteiger partial charge < -0.3 is 15.4 Å². The van der Waals surface area contributed by atoms with E-state index in [-0.39, 0.29) is 29.7 Å². The largest absolute Gasteiger partial charge is 0.482 e. The number of benzene rings is 2. The van der Waals surface area contributed by atoms with Crippen molar-refractivity contribution in [1.82, 2.24) is 0 Å². The van der Waals surface area contributed by atoms with Crippen LogP contribution in [-0.2, 0) is 17.1 Å². The molecule has 1 aliphatic rings. The van der Waals surface area contributed by atoms with Crippen LogP contribution in [0.25, 0.3) is 0 Å². The first-order chi connectivity index (χ1) is 12.9. The van der Waals surface area contributed by atoms with Crippen molar-refractivity contribution in [2.24, 2.45) is 0 Å². The number of hydrogen-bond acceptors (Lipinski definition) is 3. The van der Waals surface area contributed by atoms with Crippen LogP contribution >= 0.6 is 0 Å². The lowest BCUT2D eigenvalue weighted by Crippen LogP contribution is -2.25. The molecule has 2 N–H and O–H groups in total. The van der Waals surface area contributed by atoms with Gasteiger partial charge in [-0.15, -0.1) is 0 Å². The monoisotopic (exact) mass is 404 g/mol. The van der Waals surface area contributed by atoms with Crippen LogP contribution in [0.1, 0.15) is 21.5 Å². The third-order valence-corrected chi connectivity index (χ3v) is 3.72. The Morgan fingerprint density at radius 3 is 2.14 bits per heavy atom. The predicted molar refractivity (Wildman–Crippen MR) is 85.0 cm³/mol. The molecule has 2 amide bonds. The van der Waals surface area contributed by atoms with Gasteiger partial charge in [0.05, 0.1) is 16.8 Å². The van der Waals surface area contributed by atoms with Crippen molar-refractivity contribution in [3.63, 3.8) is 0 Å². The highest BCUT2D eigenvalue weighted by Gasteiger charge is 2.37. The molecule has 0 saturated carbocycles. The molecule has 1 aliphatic heterocycles. The fourth-order valence-corrected chi connectivity index (χ4v) is 2.45. The summed E-state index contributed by atoms with van der Waals surface area (Å²) >= 11 is 0. The van der Waals surface area contributed by atoms with E-state index >= 15 is 0 Å². The van der Waals surface area contributed by atoms with Gasteiger partial charge in [0.25, 0.3) is 11.8 Å². The van der Waals surface area contributed by atoms with Gasteiger partial charge in [0.2, 0.25) is 0 Å². The number of carbonyl (C=O) groups is 2. The number of alkyl halides is 6. The maximum Gasteiger partial charge on any atom is 0.416 e. The minimum Gasteiger partial charge on any atom is -0.482 e. The minimum absolute atomic E-state index is 0.0403. The van der Waals surface area contributed by atoms with E-state index in [0.29, 0.717) is 12.1 Å². The molecule has 0 unspecified atom stereocenters. The second kappa shape index (κ2) is 6.73. The van der Waals surface area contributed by atoms with Crippen LogP contribution in [0.2, 0.25) is 0 Å². The predicted octanol–water partition coefficient (Wildman–Crippen LogP) is 4.31. The molecule has 28 heavy (non-hydrogen) atoms. The van der Waals surface area contributed by atoms with Crippen LogP contribution < -0.4 is 15.4 Å².